The Morgan fingerprint density at radius 3 is 2.11 bits per heavy atom. The minimum absolute atomic E-state index is 0.0340. The first-order valence-corrected chi connectivity index (χ1v) is 18.2. The highest BCUT2D eigenvalue weighted by molar-refractivity contribution is 6.63. The number of halogens is 1. The molecule has 45 heavy (non-hydrogen) atoms. The minimum atomic E-state index is -0.505. The van der Waals surface area contributed by atoms with E-state index < -0.39 is 5.41 Å². The molecule has 0 saturated heterocycles. The zero-order valence-corrected chi connectivity index (χ0v) is 30.5. The summed E-state index contributed by atoms with van der Waals surface area (Å²) < 4.78 is 11.2. The van der Waals surface area contributed by atoms with Gasteiger partial charge in [0.25, 0.3) is 0 Å². The van der Waals surface area contributed by atoms with Gasteiger partial charge in [-0.05, 0) is 139 Å². The number of hydrogen-bond acceptors (Lipinski definition) is 5. The molecule has 0 aromatic carbocycles. The second kappa shape index (κ2) is 11.7. The second-order valence-electron chi connectivity index (χ2n) is 18.5. The van der Waals surface area contributed by atoms with E-state index in [-0.39, 0.29) is 63.2 Å². The molecule has 0 spiro atoms. The molecule has 5 nitrogen and oxygen atoms in total. The monoisotopic (exact) mass is 644 g/mol. The average Bonchev–Trinajstić information content (AvgIpc) is 3.29. The summed E-state index contributed by atoms with van der Waals surface area (Å²) in [5.74, 6) is 2.16. The normalized spacial score (nSPS) is 43.6. The van der Waals surface area contributed by atoms with Gasteiger partial charge in [0.2, 0.25) is 5.24 Å². The van der Waals surface area contributed by atoms with E-state index in [0.717, 1.165) is 38.5 Å². The molecule has 0 aliphatic heterocycles. The molecule has 254 valence electrons. The molecule has 5 aliphatic carbocycles. The van der Waals surface area contributed by atoms with Crippen LogP contribution in [0.1, 0.15) is 139 Å². The van der Waals surface area contributed by atoms with E-state index >= 15 is 0 Å². The number of ether oxygens (including phenoxy) is 2. The minimum Gasteiger partial charge on any atom is -0.469 e. The lowest BCUT2D eigenvalue weighted by Crippen LogP contribution is -2.66. The van der Waals surface area contributed by atoms with E-state index in [1.54, 1.807) is 0 Å². The van der Waals surface area contributed by atoms with Crippen molar-refractivity contribution in [3.05, 3.63) is 12.2 Å². The third-order valence-corrected chi connectivity index (χ3v) is 15.6. The molecule has 0 bridgehead atoms. The van der Waals surface area contributed by atoms with Gasteiger partial charge in [-0.15, -0.1) is 0 Å². The van der Waals surface area contributed by atoms with Crippen LogP contribution in [-0.2, 0) is 23.9 Å². The van der Waals surface area contributed by atoms with Gasteiger partial charge in [-0.25, -0.2) is 0 Å². The van der Waals surface area contributed by atoms with Crippen LogP contribution in [0.25, 0.3) is 0 Å². The van der Waals surface area contributed by atoms with Gasteiger partial charge in [0, 0.05) is 11.8 Å². The number of hydrogen-bond donors (Lipinski definition) is 0. The maximum atomic E-state index is 13.3. The van der Waals surface area contributed by atoms with Crippen molar-refractivity contribution in [2.75, 3.05) is 7.11 Å². The summed E-state index contributed by atoms with van der Waals surface area (Å²) in [7, 11) is 1.39. The highest BCUT2D eigenvalue weighted by Crippen LogP contribution is 2.78. The van der Waals surface area contributed by atoms with Crippen LogP contribution >= 0.6 is 11.6 Å². The van der Waals surface area contributed by atoms with E-state index in [0.29, 0.717) is 36.0 Å². The van der Waals surface area contributed by atoms with Crippen LogP contribution in [0.15, 0.2) is 12.2 Å². The molecule has 5 fully saturated rings. The second-order valence-corrected chi connectivity index (χ2v) is 18.9. The van der Waals surface area contributed by atoms with Crippen molar-refractivity contribution >= 4 is 28.8 Å². The summed E-state index contributed by atoms with van der Waals surface area (Å²) in [6.45, 7) is 23.1. The van der Waals surface area contributed by atoms with Gasteiger partial charge in [0.15, 0.2) is 0 Å². The Morgan fingerprint density at radius 2 is 1.49 bits per heavy atom. The van der Waals surface area contributed by atoms with Gasteiger partial charge >= 0.3 is 11.9 Å². The van der Waals surface area contributed by atoms with E-state index in [9.17, 15) is 14.4 Å². The molecule has 5 rings (SSSR count). The molecule has 0 heterocycles. The quantitative estimate of drug-likeness (QED) is 0.149. The maximum absolute atomic E-state index is 13.3. The summed E-state index contributed by atoms with van der Waals surface area (Å²) >= 11 is 6.16. The molecule has 6 heteroatoms. The number of allylic oxidation sites excluding steroid dienone is 1. The van der Waals surface area contributed by atoms with Crippen LogP contribution in [0.4, 0.5) is 0 Å². The van der Waals surface area contributed by atoms with Crippen LogP contribution in [0, 0.1) is 62.1 Å². The first-order chi connectivity index (χ1) is 20.8. The summed E-state index contributed by atoms with van der Waals surface area (Å²) in [5.41, 5.74) is 1.30. The Labute approximate surface area is 278 Å². The van der Waals surface area contributed by atoms with E-state index in [2.05, 4.69) is 48.1 Å². The third-order valence-electron chi connectivity index (χ3n) is 15.4. The van der Waals surface area contributed by atoms with Crippen LogP contribution in [0.3, 0.4) is 0 Å². The van der Waals surface area contributed by atoms with Crippen LogP contribution < -0.4 is 0 Å². The Bertz CT molecular complexity index is 1220. The van der Waals surface area contributed by atoms with Crippen molar-refractivity contribution in [3.8, 4) is 0 Å². The lowest BCUT2D eigenvalue weighted by atomic mass is 9.32. The van der Waals surface area contributed by atoms with Crippen LogP contribution in [0.5, 0.6) is 0 Å². The van der Waals surface area contributed by atoms with Crippen molar-refractivity contribution in [1.29, 1.82) is 0 Å². The van der Waals surface area contributed by atoms with Gasteiger partial charge in [0.1, 0.15) is 6.10 Å². The first-order valence-electron chi connectivity index (χ1n) is 17.9. The van der Waals surface area contributed by atoms with Gasteiger partial charge < -0.3 is 9.47 Å². The molecule has 5 aliphatic rings. The van der Waals surface area contributed by atoms with Crippen molar-refractivity contribution in [2.45, 2.75) is 145 Å². The molecule has 0 radical (unpaired) electrons. The van der Waals surface area contributed by atoms with Crippen LogP contribution in [-0.4, -0.2) is 30.4 Å². The summed E-state index contributed by atoms with van der Waals surface area (Å²) in [4.78, 5) is 37.6. The van der Waals surface area contributed by atoms with Gasteiger partial charge in [-0.3, -0.25) is 14.4 Å². The molecule has 5 saturated carbocycles. The van der Waals surface area contributed by atoms with E-state index in [4.69, 9.17) is 21.1 Å². The Kier molecular flexibility index (Phi) is 9.06. The Balaban J connectivity index is 1.38. The largest absolute Gasteiger partial charge is 0.469 e. The number of carbonyl (C=O) groups is 3. The highest BCUT2D eigenvalue weighted by Gasteiger charge is 2.71. The summed E-state index contributed by atoms with van der Waals surface area (Å²) in [6, 6.07) is 0. The number of carbonyl (C=O) groups excluding carboxylic acids is 3. The zero-order chi connectivity index (χ0) is 33.4. The number of methoxy groups -OCH3 is 1. The predicted molar refractivity (Wildman–Crippen MR) is 179 cm³/mol. The SMILES string of the molecule is C=C(C)C1CC[C@]2(CC(=O)Cl)CC[C@]3(C)C(CCC4[C@@]5(C)CC[C@H](OC(=O)CC(C)(C)CC(=O)OC)C(C)(C)C5CC[C@]43C)C12. The van der Waals surface area contributed by atoms with Crippen LogP contribution in [0.2, 0.25) is 0 Å². The average molecular weight is 645 g/mol. The van der Waals surface area contributed by atoms with Gasteiger partial charge in [-0.1, -0.05) is 60.6 Å². The fourth-order valence-corrected chi connectivity index (χ4v) is 13.4. The molecule has 0 N–H and O–H groups in total. The highest BCUT2D eigenvalue weighted by atomic mass is 35.5. The number of fused-ring (bicyclic) bond motifs is 7. The molecule has 10 atom stereocenters. The molecule has 0 amide bonds. The fourth-order valence-electron chi connectivity index (χ4n) is 13.2. The van der Waals surface area contributed by atoms with Crippen molar-refractivity contribution < 1.29 is 23.9 Å². The van der Waals surface area contributed by atoms with Crippen molar-refractivity contribution in [2.24, 2.45) is 62.1 Å². The standard InChI is InChI=1S/C39H61ClO5/c1-24(2)25-13-18-39(21-30(40)41)20-19-37(8)26(33(25)39)11-12-28-36(7)16-15-29(35(5,6)27(36)14-17-38(28,37)9)45-32(43)23-34(3,4)22-31(42)44-10/h25-29,33H,1,11-23H2,2-10H3/t25?,26?,27?,28?,29-,33?,36-,37+,38+,39+/m0/s1. The van der Waals surface area contributed by atoms with Crippen molar-refractivity contribution in [3.63, 3.8) is 0 Å². The third kappa shape index (κ3) is 5.55. The lowest BCUT2D eigenvalue weighted by Gasteiger charge is -2.73. The van der Waals surface area contributed by atoms with E-state index in [1.165, 1.54) is 38.4 Å². The first kappa shape index (κ1) is 35.0. The molecule has 0 aromatic heterocycles. The summed E-state index contributed by atoms with van der Waals surface area (Å²) in [6.07, 6.45) is 12.1. The molecule has 0 aromatic rings. The lowest BCUT2D eigenvalue weighted by molar-refractivity contribution is -0.250. The number of rotatable bonds is 8. The van der Waals surface area contributed by atoms with Crippen molar-refractivity contribution in [1.82, 2.24) is 0 Å². The smallest absolute Gasteiger partial charge is 0.306 e. The Morgan fingerprint density at radius 1 is 0.822 bits per heavy atom. The molecular formula is C39H61ClO5. The Hall–Kier alpha value is -1.36. The zero-order valence-electron chi connectivity index (χ0n) is 29.8. The molecule has 5 unspecified atom stereocenters. The maximum Gasteiger partial charge on any atom is 0.306 e. The van der Waals surface area contributed by atoms with E-state index in [1.807, 2.05) is 13.8 Å². The predicted octanol–water partition coefficient (Wildman–Crippen LogP) is 9.69. The summed E-state index contributed by atoms with van der Waals surface area (Å²) in [5, 5.41) is -0.161. The van der Waals surface area contributed by atoms with Gasteiger partial charge in [-0.2, -0.15) is 0 Å². The topological polar surface area (TPSA) is 69.7 Å². The number of esters is 2. The van der Waals surface area contributed by atoms with Gasteiger partial charge in [0.05, 0.1) is 20.0 Å². The fraction of sp³-hybridized carbons (Fsp3) is 0.872. The molecular weight excluding hydrogens is 584 g/mol.